The van der Waals surface area contributed by atoms with E-state index in [0.717, 1.165) is 5.46 Å². The van der Waals surface area contributed by atoms with Gasteiger partial charge in [0.05, 0.1) is 18.3 Å². The molecule has 138 valence electrons. The first-order valence-corrected chi connectivity index (χ1v) is 8.57. The molecule has 0 unspecified atom stereocenters. The van der Waals surface area contributed by atoms with Gasteiger partial charge in [-0.05, 0) is 45.9 Å². The molecule has 0 bridgehead atoms. The van der Waals surface area contributed by atoms with Crippen molar-refractivity contribution in [3.63, 3.8) is 0 Å². The Balaban J connectivity index is 2.23. The molecule has 1 aliphatic heterocycles. The predicted octanol–water partition coefficient (Wildman–Crippen LogP) is 2.99. The summed E-state index contributed by atoms with van der Waals surface area (Å²) in [6.45, 7) is 13.7. The van der Waals surface area contributed by atoms with Gasteiger partial charge >= 0.3 is 7.12 Å². The highest BCUT2D eigenvalue weighted by Gasteiger charge is 2.52. The first-order chi connectivity index (χ1) is 11.4. The third-order valence-corrected chi connectivity index (χ3v) is 4.91. The predicted molar refractivity (Wildman–Crippen MR) is 98.7 cm³/mol. The van der Waals surface area contributed by atoms with Crippen LogP contribution in [0.2, 0.25) is 0 Å². The monoisotopic (exact) mass is 348 g/mol. The van der Waals surface area contributed by atoms with E-state index in [2.05, 4.69) is 0 Å². The number of hydrogen-bond donors (Lipinski definition) is 0. The molecule has 1 aliphatic rings. The highest BCUT2D eigenvalue weighted by atomic mass is 16.7. The second kappa shape index (κ2) is 6.65. The molecule has 1 saturated heterocycles. The minimum absolute atomic E-state index is 0.0264. The molecule has 0 N–H and O–H groups in total. The van der Waals surface area contributed by atoms with Crippen molar-refractivity contribution in [1.29, 1.82) is 0 Å². The Morgan fingerprint density at radius 1 is 1.12 bits per heavy atom. The van der Waals surface area contributed by atoms with Crippen molar-refractivity contribution in [2.24, 2.45) is 5.41 Å². The van der Waals surface area contributed by atoms with Crippen LogP contribution in [0.3, 0.4) is 0 Å². The smallest absolute Gasteiger partial charge is 0.497 e. The lowest BCUT2D eigenvalue weighted by atomic mass is 9.78. The topological polar surface area (TPSA) is 54.0 Å². The van der Waals surface area contributed by atoms with Gasteiger partial charge in [0, 0.05) is 10.9 Å². The summed E-state index contributed by atoms with van der Waals surface area (Å²) in [5.74, 6) is 1.29. The number of carbonyl (C=O) groups is 1. The molecular weight excluding hydrogens is 319 g/mol. The maximum absolute atomic E-state index is 12.1. The molecule has 2 rings (SSSR count). The molecule has 25 heavy (non-hydrogen) atoms. The number of carbonyl (C=O) groups excluding carboxylic acids is 1. The molecule has 5 nitrogen and oxygen atoms in total. The molecule has 0 spiro atoms. The number of hydrogen-bond acceptors (Lipinski definition) is 5. The molecule has 1 heterocycles. The van der Waals surface area contributed by atoms with Crippen molar-refractivity contribution in [3.05, 3.63) is 18.2 Å². The Kier molecular flexibility index (Phi) is 5.27. The molecule has 0 aliphatic carbocycles. The van der Waals surface area contributed by atoms with Crippen molar-refractivity contribution in [1.82, 2.24) is 0 Å². The van der Waals surface area contributed by atoms with Crippen molar-refractivity contribution in [3.8, 4) is 11.5 Å². The largest absolute Gasteiger partial charge is 0.498 e. The number of ether oxygens (including phenoxy) is 2. The van der Waals surface area contributed by atoms with Crippen LogP contribution < -0.4 is 14.9 Å². The summed E-state index contributed by atoms with van der Waals surface area (Å²) < 4.78 is 23.3. The zero-order valence-corrected chi connectivity index (χ0v) is 16.6. The number of rotatable bonds is 5. The molecule has 1 fully saturated rings. The third-order valence-electron chi connectivity index (χ3n) is 4.91. The van der Waals surface area contributed by atoms with Crippen LogP contribution in [0.25, 0.3) is 0 Å². The summed E-state index contributed by atoms with van der Waals surface area (Å²) >= 11 is 0. The average Bonchev–Trinajstić information content (AvgIpc) is 2.71. The summed E-state index contributed by atoms with van der Waals surface area (Å²) in [7, 11) is 1.05. The average molecular weight is 348 g/mol. The standard InChI is InChI=1S/C19H29BO5/c1-17(2,3)16(21)12-23-13-9-10-15(22-8)14(11-13)20-24-18(4,5)19(6,7)25-20/h9-11H,12H2,1-8H3. The van der Waals surface area contributed by atoms with Gasteiger partial charge in [-0.15, -0.1) is 0 Å². The van der Waals surface area contributed by atoms with E-state index in [4.69, 9.17) is 18.8 Å². The minimum Gasteiger partial charge on any atom is -0.497 e. The van der Waals surface area contributed by atoms with Crippen LogP contribution >= 0.6 is 0 Å². The van der Waals surface area contributed by atoms with Gasteiger partial charge in [-0.1, -0.05) is 20.8 Å². The molecule has 0 saturated carbocycles. The van der Waals surface area contributed by atoms with Gasteiger partial charge in [0.1, 0.15) is 18.1 Å². The maximum Gasteiger partial charge on any atom is 0.498 e. The Labute approximate surface area is 151 Å². The number of ketones is 1. The summed E-state index contributed by atoms with van der Waals surface area (Å²) in [4.78, 5) is 12.1. The molecule has 0 radical (unpaired) electrons. The fourth-order valence-corrected chi connectivity index (χ4v) is 2.32. The Hall–Kier alpha value is -1.53. The van der Waals surface area contributed by atoms with Gasteiger partial charge in [0.2, 0.25) is 0 Å². The van der Waals surface area contributed by atoms with Gasteiger partial charge in [0.25, 0.3) is 0 Å². The van der Waals surface area contributed by atoms with Gasteiger partial charge < -0.3 is 18.8 Å². The molecule has 1 aromatic rings. The van der Waals surface area contributed by atoms with E-state index in [1.807, 2.05) is 54.5 Å². The van der Waals surface area contributed by atoms with E-state index in [1.54, 1.807) is 19.2 Å². The minimum atomic E-state index is -0.554. The highest BCUT2D eigenvalue weighted by molar-refractivity contribution is 6.63. The number of benzene rings is 1. The number of methoxy groups -OCH3 is 1. The molecule has 6 heteroatoms. The van der Waals surface area contributed by atoms with Crippen LogP contribution in [0, 0.1) is 5.41 Å². The Morgan fingerprint density at radius 2 is 1.68 bits per heavy atom. The highest BCUT2D eigenvalue weighted by Crippen LogP contribution is 2.37. The SMILES string of the molecule is COc1ccc(OCC(=O)C(C)(C)C)cc1B1OC(C)(C)C(C)(C)O1. The van der Waals surface area contributed by atoms with E-state index in [1.165, 1.54) is 0 Å². The summed E-state index contributed by atoms with van der Waals surface area (Å²) in [6.07, 6.45) is 0. The quantitative estimate of drug-likeness (QED) is 0.766. The van der Waals surface area contributed by atoms with Crippen LogP contribution in [-0.2, 0) is 14.1 Å². The van der Waals surface area contributed by atoms with E-state index in [-0.39, 0.29) is 12.4 Å². The molecule has 1 aromatic carbocycles. The van der Waals surface area contributed by atoms with Crippen molar-refractivity contribution in [2.75, 3.05) is 13.7 Å². The van der Waals surface area contributed by atoms with Crippen molar-refractivity contribution in [2.45, 2.75) is 59.7 Å². The Bertz CT molecular complexity index is 630. The van der Waals surface area contributed by atoms with Crippen LogP contribution in [0.5, 0.6) is 11.5 Å². The van der Waals surface area contributed by atoms with Crippen LogP contribution in [0.15, 0.2) is 18.2 Å². The molecule has 0 amide bonds. The Morgan fingerprint density at radius 3 is 2.16 bits per heavy atom. The number of Topliss-reactive ketones (excluding diaryl/α,β-unsaturated/α-hetero) is 1. The van der Waals surface area contributed by atoms with E-state index in [9.17, 15) is 4.79 Å². The fourth-order valence-electron chi connectivity index (χ4n) is 2.32. The third kappa shape index (κ3) is 4.18. The van der Waals surface area contributed by atoms with Crippen LogP contribution in [0.1, 0.15) is 48.5 Å². The molecule has 0 atom stereocenters. The van der Waals surface area contributed by atoms with Crippen molar-refractivity contribution < 1.29 is 23.6 Å². The summed E-state index contributed by atoms with van der Waals surface area (Å²) in [5.41, 5.74) is -0.563. The van der Waals surface area contributed by atoms with E-state index < -0.39 is 23.7 Å². The van der Waals surface area contributed by atoms with Gasteiger partial charge in [-0.3, -0.25) is 4.79 Å². The zero-order valence-electron chi connectivity index (χ0n) is 16.6. The van der Waals surface area contributed by atoms with Gasteiger partial charge in [-0.25, -0.2) is 0 Å². The maximum atomic E-state index is 12.1. The second-order valence-corrected chi connectivity index (χ2v) is 8.45. The molecular formula is C19H29BO5. The lowest BCUT2D eigenvalue weighted by molar-refractivity contribution is -0.128. The molecule has 0 aromatic heterocycles. The summed E-state index contributed by atoms with van der Waals surface area (Å²) in [6, 6.07) is 5.40. The van der Waals surface area contributed by atoms with Gasteiger partial charge in [0.15, 0.2) is 5.78 Å². The summed E-state index contributed by atoms with van der Waals surface area (Å²) in [5, 5.41) is 0. The van der Waals surface area contributed by atoms with Crippen LogP contribution in [-0.4, -0.2) is 37.8 Å². The lowest BCUT2D eigenvalue weighted by Crippen LogP contribution is -2.41. The van der Waals surface area contributed by atoms with E-state index >= 15 is 0 Å². The van der Waals surface area contributed by atoms with Crippen LogP contribution in [0.4, 0.5) is 0 Å². The normalized spacial score (nSPS) is 19.0. The first kappa shape index (κ1) is 19.8. The first-order valence-electron chi connectivity index (χ1n) is 8.57. The van der Waals surface area contributed by atoms with E-state index in [0.29, 0.717) is 11.5 Å². The fraction of sp³-hybridized carbons (Fsp3) is 0.632. The van der Waals surface area contributed by atoms with Crippen molar-refractivity contribution >= 4 is 18.4 Å². The zero-order chi connectivity index (χ0) is 19.0. The van der Waals surface area contributed by atoms with Gasteiger partial charge in [-0.2, -0.15) is 0 Å². The lowest BCUT2D eigenvalue weighted by Gasteiger charge is -2.32. The second-order valence-electron chi connectivity index (χ2n) is 8.45.